The molecule has 0 aromatic heterocycles. The van der Waals surface area contributed by atoms with Gasteiger partial charge >= 0.3 is 0 Å². The summed E-state index contributed by atoms with van der Waals surface area (Å²) < 4.78 is 1.20. The van der Waals surface area contributed by atoms with Gasteiger partial charge in [0.05, 0.1) is 0 Å². The predicted octanol–water partition coefficient (Wildman–Crippen LogP) is 4.82. The monoisotopic (exact) mass is 340 g/mol. The van der Waals surface area contributed by atoms with Crippen LogP contribution in [0.15, 0.2) is 22.7 Å². The molecule has 0 fully saturated rings. The van der Waals surface area contributed by atoms with Crippen LogP contribution in [0.25, 0.3) is 0 Å². The largest absolute Gasteiger partial charge is 0.375 e. The van der Waals surface area contributed by atoms with Crippen molar-refractivity contribution in [2.24, 2.45) is 5.92 Å². The van der Waals surface area contributed by atoms with Crippen LogP contribution in [-0.4, -0.2) is 20.1 Å². The molecule has 0 amide bonds. The third-order valence-corrected chi connectivity index (χ3v) is 4.18. The summed E-state index contributed by atoms with van der Waals surface area (Å²) in [7, 11) is 2.17. The number of rotatable bonds is 9. The smallest absolute Gasteiger partial charge is 0.0375 e. The Bertz CT molecular complexity index is 391. The third kappa shape index (κ3) is 6.27. The summed E-state index contributed by atoms with van der Waals surface area (Å²) in [6, 6.07) is 6.69. The minimum Gasteiger partial charge on any atom is -0.375 e. The van der Waals surface area contributed by atoms with Crippen LogP contribution < -0.4 is 10.2 Å². The molecule has 0 heterocycles. The molecule has 0 bridgehead atoms. The van der Waals surface area contributed by atoms with E-state index in [1.165, 1.54) is 35.0 Å². The van der Waals surface area contributed by atoms with Crippen LogP contribution in [0.4, 0.5) is 5.69 Å². The van der Waals surface area contributed by atoms with Gasteiger partial charge in [-0.05, 0) is 36.6 Å². The van der Waals surface area contributed by atoms with Gasteiger partial charge in [0.15, 0.2) is 0 Å². The van der Waals surface area contributed by atoms with Crippen molar-refractivity contribution in [2.75, 3.05) is 25.0 Å². The predicted molar refractivity (Wildman–Crippen MR) is 93.5 cm³/mol. The summed E-state index contributed by atoms with van der Waals surface area (Å²) in [4.78, 5) is 2.34. The Labute approximate surface area is 133 Å². The van der Waals surface area contributed by atoms with E-state index in [0.29, 0.717) is 5.92 Å². The van der Waals surface area contributed by atoms with E-state index in [4.69, 9.17) is 0 Å². The Kier molecular flexibility index (Phi) is 8.24. The lowest BCUT2D eigenvalue weighted by molar-refractivity contribution is 0.552. The molecule has 114 valence electrons. The van der Waals surface area contributed by atoms with Crippen LogP contribution in [0.5, 0.6) is 0 Å². The molecule has 0 spiro atoms. The Morgan fingerprint density at radius 1 is 1.25 bits per heavy atom. The van der Waals surface area contributed by atoms with Crippen LogP contribution in [0.1, 0.15) is 45.6 Å². The van der Waals surface area contributed by atoms with Gasteiger partial charge in [-0.25, -0.2) is 0 Å². The Hall–Kier alpha value is -0.540. The van der Waals surface area contributed by atoms with Crippen molar-refractivity contribution in [2.45, 2.75) is 46.6 Å². The maximum atomic E-state index is 3.70. The van der Waals surface area contributed by atoms with Crippen LogP contribution in [0.2, 0.25) is 0 Å². The standard InChI is InChI=1S/C17H29BrN2/c1-5-6-7-10-20(4)16-9-8-15(17(18)11-16)13-19-12-14(2)3/h8-9,11,14,19H,5-7,10,12-13H2,1-4H3. The van der Waals surface area contributed by atoms with Gasteiger partial charge in [-0.3, -0.25) is 0 Å². The molecule has 0 aliphatic rings. The molecule has 1 aromatic rings. The fraction of sp³-hybridized carbons (Fsp3) is 0.647. The van der Waals surface area contributed by atoms with Crippen LogP contribution in [0, 0.1) is 5.92 Å². The summed E-state index contributed by atoms with van der Waals surface area (Å²) in [5.74, 6) is 0.692. The summed E-state index contributed by atoms with van der Waals surface area (Å²) in [6.45, 7) is 9.83. The average Bonchev–Trinajstić information content (AvgIpc) is 2.40. The van der Waals surface area contributed by atoms with Gasteiger partial charge in [0.25, 0.3) is 0 Å². The fourth-order valence-electron chi connectivity index (χ4n) is 2.14. The Morgan fingerprint density at radius 2 is 2.00 bits per heavy atom. The number of anilines is 1. The molecular formula is C17H29BrN2. The lowest BCUT2D eigenvalue weighted by Crippen LogP contribution is -2.20. The van der Waals surface area contributed by atoms with E-state index >= 15 is 0 Å². The Balaban J connectivity index is 2.53. The van der Waals surface area contributed by atoms with E-state index in [1.54, 1.807) is 0 Å². The van der Waals surface area contributed by atoms with Gasteiger partial charge in [0.2, 0.25) is 0 Å². The van der Waals surface area contributed by atoms with Crippen molar-refractivity contribution in [3.8, 4) is 0 Å². The first-order valence-electron chi connectivity index (χ1n) is 7.74. The highest BCUT2D eigenvalue weighted by atomic mass is 79.9. The molecule has 1 N–H and O–H groups in total. The molecule has 0 aliphatic heterocycles. The summed E-state index contributed by atoms with van der Waals surface area (Å²) in [6.07, 6.45) is 3.85. The van der Waals surface area contributed by atoms with Crippen LogP contribution in [-0.2, 0) is 6.54 Å². The van der Waals surface area contributed by atoms with E-state index in [1.807, 2.05) is 0 Å². The van der Waals surface area contributed by atoms with Gasteiger partial charge in [0.1, 0.15) is 0 Å². The van der Waals surface area contributed by atoms with Crippen LogP contribution >= 0.6 is 15.9 Å². The molecule has 3 heteroatoms. The molecule has 0 unspecified atom stereocenters. The number of nitrogens with zero attached hydrogens (tertiary/aromatic N) is 1. The minimum atomic E-state index is 0.692. The van der Waals surface area contributed by atoms with E-state index in [-0.39, 0.29) is 0 Å². The highest BCUT2D eigenvalue weighted by Gasteiger charge is 2.05. The number of nitrogens with one attached hydrogen (secondary N) is 1. The molecule has 2 nitrogen and oxygen atoms in total. The van der Waals surface area contributed by atoms with Gasteiger partial charge in [-0.2, -0.15) is 0 Å². The van der Waals surface area contributed by atoms with Crippen molar-refractivity contribution >= 4 is 21.6 Å². The molecular weight excluding hydrogens is 312 g/mol. The SMILES string of the molecule is CCCCCN(C)c1ccc(CNCC(C)C)c(Br)c1. The second-order valence-electron chi connectivity index (χ2n) is 5.93. The summed E-state index contributed by atoms with van der Waals surface area (Å²) in [5, 5.41) is 3.49. The number of halogens is 1. The minimum absolute atomic E-state index is 0.692. The zero-order valence-corrected chi connectivity index (χ0v) is 15.0. The van der Waals surface area contributed by atoms with Gasteiger partial charge in [-0.15, -0.1) is 0 Å². The lowest BCUT2D eigenvalue weighted by Gasteiger charge is -2.20. The van der Waals surface area contributed by atoms with Gasteiger partial charge < -0.3 is 10.2 Å². The van der Waals surface area contributed by atoms with Crippen molar-refractivity contribution in [1.82, 2.24) is 5.32 Å². The molecule has 0 aliphatic carbocycles. The highest BCUT2D eigenvalue weighted by molar-refractivity contribution is 9.10. The normalized spacial score (nSPS) is 11.1. The third-order valence-electron chi connectivity index (χ3n) is 3.44. The second-order valence-corrected chi connectivity index (χ2v) is 6.78. The first kappa shape index (κ1) is 17.5. The van der Waals surface area contributed by atoms with E-state index in [0.717, 1.165) is 19.6 Å². The van der Waals surface area contributed by atoms with E-state index in [9.17, 15) is 0 Å². The lowest BCUT2D eigenvalue weighted by atomic mass is 10.1. The van der Waals surface area contributed by atoms with E-state index < -0.39 is 0 Å². The highest BCUT2D eigenvalue weighted by Crippen LogP contribution is 2.24. The molecule has 0 saturated carbocycles. The first-order chi connectivity index (χ1) is 9.54. The quantitative estimate of drug-likeness (QED) is 0.648. The second kappa shape index (κ2) is 9.41. The summed E-state index contributed by atoms with van der Waals surface area (Å²) >= 11 is 3.70. The fourth-order valence-corrected chi connectivity index (χ4v) is 2.65. The van der Waals surface area contributed by atoms with Crippen molar-refractivity contribution in [3.63, 3.8) is 0 Å². The molecule has 20 heavy (non-hydrogen) atoms. The maximum Gasteiger partial charge on any atom is 0.0375 e. The molecule has 0 saturated heterocycles. The van der Waals surface area contributed by atoms with Gasteiger partial charge in [-0.1, -0.05) is 55.6 Å². The topological polar surface area (TPSA) is 15.3 Å². The van der Waals surface area contributed by atoms with E-state index in [2.05, 4.69) is 72.2 Å². The zero-order chi connectivity index (χ0) is 15.0. The molecule has 0 radical (unpaired) electrons. The summed E-state index contributed by atoms with van der Waals surface area (Å²) in [5.41, 5.74) is 2.62. The maximum absolute atomic E-state index is 3.70. The molecule has 1 aromatic carbocycles. The van der Waals surface area contributed by atoms with Gasteiger partial charge in [0, 0.05) is 30.3 Å². The van der Waals surface area contributed by atoms with Crippen molar-refractivity contribution in [3.05, 3.63) is 28.2 Å². The Morgan fingerprint density at radius 3 is 2.60 bits per heavy atom. The first-order valence-corrected chi connectivity index (χ1v) is 8.54. The zero-order valence-electron chi connectivity index (χ0n) is 13.4. The van der Waals surface area contributed by atoms with Crippen molar-refractivity contribution in [1.29, 1.82) is 0 Å². The number of unbranched alkanes of at least 4 members (excludes halogenated alkanes) is 2. The average molecular weight is 341 g/mol. The molecule has 1 rings (SSSR count). The number of hydrogen-bond acceptors (Lipinski definition) is 2. The van der Waals surface area contributed by atoms with Crippen molar-refractivity contribution < 1.29 is 0 Å². The molecule has 0 atom stereocenters. The number of hydrogen-bond donors (Lipinski definition) is 1. The number of benzene rings is 1. The van der Waals surface area contributed by atoms with Crippen LogP contribution in [0.3, 0.4) is 0 Å².